The number of hydrogen-bond donors (Lipinski definition) is 1. The summed E-state index contributed by atoms with van der Waals surface area (Å²) in [6.45, 7) is 4.41. The van der Waals surface area contributed by atoms with Crippen LogP contribution < -0.4 is 5.73 Å². The second-order valence-corrected chi connectivity index (χ2v) is 1.57. The number of unbranched alkanes of at least 4 members (excludes halogenated alkanes) is 2. The third kappa shape index (κ3) is 9.37. The van der Waals surface area contributed by atoms with Crippen molar-refractivity contribution >= 4 is 12.4 Å². The van der Waals surface area contributed by atoms with Crippen LogP contribution in [0.2, 0.25) is 0 Å². The van der Waals surface area contributed by atoms with Gasteiger partial charge in [0.05, 0.1) is 0 Å². The highest BCUT2D eigenvalue weighted by molar-refractivity contribution is 5.85. The number of nitrogens with two attached hydrogens (primary N) is 1. The first-order chi connectivity index (χ1) is 3.41. The average Bonchev–Trinajstić information content (AvgIpc) is 1.69. The molecule has 0 aromatic rings. The van der Waals surface area contributed by atoms with Crippen LogP contribution in [-0.2, 0) is 0 Å². The minimum absolute atomic E-state index is 0. The molecule has 0 radical (unpaired) electrons. The van der Waals surface area contributed by atoms with E-state index in [9.17, 15) is 0 Å². The molecule has 8 heavy (non-hydrogen) atoms. The van der Waals surface area contributed by atoms with Crippen molar-refractivity contribution in [2.45, 2.75) is 19.3 Å². The number of hydrogen-bond acceptors (Lipinski definition) is 1. The van der Waals surface area contributed by atoms with Crippen LogP contribution in [0.5, 0.6) is 0 Å². The van der Waals surface area contributed by atoms with E-state index in [0.717, 1.165) is 19.4 Å². The van der Waals surface area contributed by atoms with Crippen molar-refractivity contribution in [1.29, 1.82) is 0 Å². The molecule has 0 saturated carbocycles. The summed E-state index contributed by atoms with van der Waals surface area (Å²) in [6.07, 6.45) is 5.36. The number of rotatable bonds is 4. The normalized spacial score (nSPS) is 7.62. The highest BCUT2D eigenvalue weighted by Crippen LogP contribution is 1.91. The van der Waals surface area contributed by atoms with E-state index in [1.807, 2.05) is 6.08 Å². The van der Waals surface area contributed by atoms with Crippen molar-refractivity contribution in [3.8, 4) is 0 Å². The molecule has 2 heteroatoms. The zero-order valence-corrected chi connectivity index (χ0v) is 5.91. The molecule has 2 N–H and O–H groups in total. The van der Waals surface area contributed by atoms with Crippen molar-refractivity contribution < 1.29 is 0 Å². The zero-order chi connectivity index (χ0) is 5.54. The van der Waals surface area contributed by atoms with Crippen LogP contribution in [0.25, 0.3) is 0 Å². The Kier molecular flexibility index (Phi) is 13.7. The second-order valence-electron chi connectivity index (χ2n) is 1.57. The molecule has 0 aliphatic heterocycles. The van der Waals surface area contributed by atoms with Gasteiger partial charge in [-0.25, -0.2) is 0 Å². The van der Waals surface area contributed by atoms with Crippen LogP contribution >= 0.6 is 12.4 Å². The van der Waals surface area contributed by atoms with E-state index in [1.54, 1.807) is 0 Å². The fourth-order valence-electron chi connectivity index (χ4n) is 0.433. The van der Waals surface area contributed by atoms with E-state index >= 15 is 0 Å². The lowest BCUT2D eigenvalue weighted by atomic mass is 10.2. The van der Waals surface area contributed by atoms with E-state index in [-0.39, 0.29) is 12.4 Å². The summed E-state index contributed by atoms with van der Waals surface area (Å²) in [5.74, 6) is 0. The Morgan fingerprint density at radius 2 is 2.00 bits per heavy atom. The predicted molar refractivity (Wildman–Crippen MR) is 40.4 cm³/mol. The van der Waals surface area contributed by atoms with Crippen molar-refractivity contribution in [1.82, 2.24) is 0 Å². The van der Waals surface area contributed by atoms with Gasteiger partial charge in [0.25, 0.3) is 0 Å². The lowest BCUT2D eigenvalue weighted by molar-refractivity contribution is 0.759. The highest BCUT2D eigenvalue weighted by Gasteiger charge is 1.77. The molecular formula is C6H14ClN. The Morgan fingerprint density at radius 1 is 1.38 bits per heavy atom. The number of halogens is 1. The molecule has 0 atom stereocenters. The summed E-state index contributed by atoms with van der Waals surface area (Å²) in [6, 6.07) is 0. The maximum absolute atomic E-state index is 5.23. The van der Waals surface area contributed by atoms with Gasteiger partial charge >= 0.3 is 0 Å². The summed E-state index contributed by atoms with van der Waals surface area (Å²) in [7, 11) is 0. The molecule has 0 rings (SSSR count). The van der Waals surface area contributed by atoms with Crippen molar-refractivity contribution in [3.63, 3.8) is 0 Å². The van der Waals surface area contributed by atoms with Crippen molar-refractivity contribution in [2.75, 3.05) is 6.54 Å². The minimum Gasteiger partial charge on any atom is -0.330 e. The molecule has 0 spiro atoms. The van der Waals surface area contributed by atoms with Crippen LogP contribution in [0.3, 0.4) is 0 Å². The maximum atomic E-state index is 5.23. The molecule has 0 amide bonds. The molecule has 0 bridgehead atoms. The molecule has 50 valence electrons. The molecule has 0 heterocycles. The quantitative estimate of drug-likeness (QED) is 0.461. The van der Waals surface area contributed by atoms with Crippen LogP contribution in [0, 0.1) is 0 Å². The maximum Gasteiger partial charge on any atom is -0.00772 e. The van der Waals surface area contributed by atoms with Gasteiger partial charge < -0.3 is 5.73 Å². The summed E-state index contributed by atoms with van der Waals surface area (Å²) in [5, 5.41) is 0. The first-order valence-corrected chi connectivity index (χ1v) is 2.72. The van der Waals surface area contributed by atoms with Gasteiger partial charge in [-0.15, -0.1) is 19.0 Å². The van der Waals surface area contributed by atoms with Gasteiger partial charge in [-0.3, -0.25) is 0 Å². The Bertz CT molecular complexity index is 45.8. The first kappa shape index (κ1) is 10.9. The molecule has 0 aromatic heterocycles. The molecule has 0 fully saturated rings. The standard InChI is InChI=1S/C6H13N.ClH/c1-2-3-4-5-6-7;/h2H,1,3-7H2;1H. The van der Waals surface area contributed by atoms with E-state index in [1.165, 1.54) is 6.42 Å². The third-order valence-electron chi connectivity index (χ3n) is 0.862. The molecule has 0 aromatic carbocycles. The Balaban J connectivity index is 0. The molecule has 0 aliphatic rings. The monoisotopic (exact) mass is 135 g/mol. The minimum atomic E-state index is 0. The first-order valence-electron chi connectivity index (χ1n) is 2.72. The fraction of sp³-hybridized carbons (Fsp3) is 0.667. The number of allylic oxidation sites excluding steroid dienone is 1. The van der Waals surface area contributed by atoms with Crippen LogP contribution in [0.1, 0.15) is 19.3 Å². The molecular weight excluding hydrogens is 122 g/mol. The van der Waals surface area contributed by atoms with Gasteiger partial charge in [-0.05, 0) is 25.8 Å². The van der Waals surface area contributed by atoms with E-state index in [2.05, 4.69) is 6.58 Å². The van der Waals surface area contributed by atoms with E-state index in [0.29, 0.717) is 0 Å². The fourth-order valence-corrected chi connectivity index (χ4v) is 0.433. The van der Waals surface area contributed by atoms with Gasteiger partial charge in [0.1, 0.15) is 0 Å². The van der Waals surface area contributed by atoms with Gasteiger partial charge in [-0.1, -0.05) is 6.08 Å². The summed E-state index contributed by atoms with van der Waals surface area (Å²) in [4.78, 5) is 0. The predicted octanol–water partition coefficient (Wildman–Crippen LogP) is 1.72. The Morgan fingerprint density at radius 3 is 2.38 bits per heavy atom. The molecule has 0 saturated heterocycles. The Labute approximate surface area is 57.4 Å². The second kappa shape index (κ2) is 10.1. The van der Waals surface area contributed by atoms with Crippen LogP contribution in [-0.4, -0.2) is 6.54 Å². The van der Waals surface area contributed by atoms with Crippen molar-refractivity contribution in [3.05, 3.63) is 12.7 Å². The largest absolute Gasteiger partial charge is 0.330 e. The van der Waals surface area contributed by atoms with Crippen LogP contribution in [0.15, 0.2) is 12.7 Å². The SMILES string of the molecule is C=CCCCCN.Cl. The molecule has 1 nitrogen and oxygen atoms in total. The Hall–Kier alpha value is -0.0100. The topological polar surface area (TPSA) is 26.0 Å². The smallest absolute Gasteiger partial charge is 0.00772 e. The zero-order valence-electron chi connectivity index (χ0n) is 5.10. The molecule has 0 unspecified atom stereocenters. The summed E-state index contributed by atoms with van der Waals surface area (Å²) < 4.78 is 0. The molecule has 0 aliphatic carbocycles. The van der Waals surface area contributed by atoms with Gasteiger partial charge in [-0.2, -0.15) is 0 Å². The van der Waals surface area contributed by atoms with Gasteiger partial charge in [0, 0.05) is 0 Å². The lowest BCUT2D eigenvalue weighted by Crippen LogP contribution is -1.96. The average molecular weight is 136 g/mol. The highest BCUT2D eigenvalue weighted by atomic mass is 35.5. The summed E-state index contributed by atoms with van der Waals surface area (Å²) >= 11 is 0. The van der Waals surface area contributed by atoms with Crippen LogP contribution in [0.4, 0.5) is 0 Å². The van der Waals surface area contributed by atoms with E-state index in [4.69, 9.17) is 5.73 Å². The van der Waals surface area contributed by atoms with Gasteiger partial charge in [0.2, 0.25) is 0 Å². The third-order valence-corrected chi connectivity index (χ3v) is 0.862. The lowest BCUT2D eigenvalue weighted by Gasteiger charge is -1.88. The summed E-state index contributed by atoms with van der Waals surface area (Å²) in [5.41, 5.74) is 5.23. The van der Waals surface area contributed by atoms with E-state index < -0.39 is 0 Å². The van der Waals surface area contributed by atoms with Gasteiger partial charge in [0.15, 0.2) is 0 Å². The van der Waals surface area contributed by atoms with Crippen molar-refractivity contribution in [2.24, 2.45) is 5.73 Å².